The van der Waals surface area contributed by atoms with E-state index in [1.165, 1.54) is 19.3 Å². The minimum Gasteiger partial charge on any atom is -0.506 e. The van der Waals surface area contributed by atoms with Gasteiger partial charge in [0.15, 0.2) is 5.82 Å². The fourth-order valence-corrected chi connectivity index (χ4v) is 4.29. The summed E-state index contributed by atoms with van der Waals surface area (Å²) >= 11 is 12.0. The number of aromatic hydroxyl groups is 1. The Labute approximate surface area is 156 Å². The standard InChI is InChI=1S/C15H16Br2N4OS/c16-11-6-10(13(22)12(17)7-11)8-18-21-14(19-20-15(21)23)9-4-2-1-3-5-9/h6-9,22H,1-5H2,(H,20,23)/b18-8-. The van der Waals surface area contributed by atoms with Gasteiger partial charge in [0.1, 0.15) is 5.75 Å². The van der Waals surface area contributed by atoms with Crippen LogP contribution in [0.1, 0.15) is 49.4 Å². The van der Waals surface area contributed by atoms with Gasteiger partial charge in [-0.1, -0.05) is 35.2 Å². The molecule has 1 aliphatic carbocycles. The number of nitrogens with one attached hydrogen (secondary N) is 1. The topological polar surface area (TPSA) is 66.2 Å². The van der Waals surface area contributed by atoms with Crippen molar-refractivity contribution in [1.29, 1.82) is 0 Å². The van der Waals surface area contributed by atoms with Crippen LogP contribution < -0.4 is 0 Å². The molecule has 0 radical (unpaired) electrons. The maximum absolute atomic E-state index is 10.1. The molecule has 5 nitrogen and oxygen atoms in total. The molecule has 0 unspecified atom stereocenters. The summed E-state index contributed by atoms with van der Waals surface area (Å²) in [5.74, 6) is 1.40. The van der Waals surface area contributed by atoms with E-state index < -0.39 is 0 Å². The molecule has 8 heteroatoms. The minimum atomic E-state index is 0.145. The third kappa shape index (κ3) is 3.75. The number of halogens is 2. The molecule has 3 rings (SSSR count). The average molecular weight is 460 g/mol. The second-order valence-corrected chi connectivity index (χ2v) is 7.76. The van der Waals surface area contributed by atoms with Gasteiger partial charge in [-0.25, -0.2) is 0 Å². The van der Waals surface area contributed by atoms with Crippen LogP contribution in [0.4, 0.5) is 0 Å². The van der Waals surface area contributed by atoms with Crippen LogP contribution in [0.2, 0.25) is 0 Å². The van der Waals surface area contributed by atoms with Crippen LogP contribution in [-0.4, -0.2) is 26.2 Å². The van der Waals surface area contributed by atoms with E-state index >= 15 is 0 Å². The lowest BCUT2D eigenvalue weighted by atomic mass is 9.89. The first kappa shape index (κ1) is 16.9. The normalized spacial score (nSPS) is 16.3. The van der Waals surface area contributed by atoms with Gasteiger partial charge in [0.25, 0.3) is 0 Å². The van der Waals surface area contributed by atoms with Crippen molar-refractivity contribution in [3.05, 3.63) is 37.2 Å². The molecule has 122 valence electrons. The van der Waals surface area contributed by atoms with Crippen LogP contribution in [0.3, 0.4) is 0 Å². The van der Waals surface area contributed by atoms with Gasteiger partial charge in [0, 0.05) is 16.0 Å². The Morgan fingerprint density at radius 3 is 2.78 bits per heavy atom. The molecule has 1 heterocycles. The maximum Gasteiger partial charge on any atom is 0.216 e. The number of hydrogen-bond donors (Lipinski definition) is 2. The first-order valence-electron chi connectivity index (χ1n) is 7.46. The summed E-state index contributed by atoms with van der Waals surface area (Å²) in [7, 11) is 0. The smallest absolute Gasteiger partial charge is 0.216 e. The van der Waals surface area contributed by atoms with Crippen LogP contribution in [0.5, 0.6) is 5.75 Å². The third-order valence-electron chi connectivity index (χ3n) is 4.02. The zero-order chi connectivity index (χ0) is 16.4. The van der Waals surface area contributed by atoms with E-state index in [2.05, 4.69) is 47.2 Å². The van der Waals surface area contributed by atoms with E-state index in [0.29, 0.717) is 20.7 Å². The summed E-state index contributed by atoms with van der Waals surface area (Å²) in [4.78, 5) is 0. The summed E-state index contributed by atoms with van der Waals surface area (Å²) in [5.41, 5.74) is 0.601. The molecule has 0 aliphatic heterocycles. The van der Waals surface area contributed by atoms with Crippen LogP contribution >= 0.6 is 44.1 Å². The molecular weight excluding hydrogens is 444 g/mol. The lowest BCUT2D eigenvalue weighted by Gasteiger charge is -2.19. The van der Waals surface area contributed by atoms with E-state index in [9.17, 15) is 5.11 Å². The SMILES string of the molecule is Oc1c(Br)cc(Br)cc1/C=N\n1c(C2CCCCC2)n[nH]c1=S. The molecule has 2 N–H and O–H groups in total. The van der Waals surface area contributed by atoms with Crippen molar-refractivity contribution in [2.75, 3.05) is 0 Å². The molecule has 0 amide bonds. The molecule has 0 spiro atoms. The van der Waals surface area contributed by atoms with Crippen LogP contribution in [-0.2, 0) is 0 Å². The van der Waals surface area contributed by atoms with Crippen LogP contribution in [0.15, 0.2) is 26.2 Å². The summed E-state index contributed by atoms with van der Waals surface area (Å²) in [5, 5.41) is 21.8. The van der Waals surface area contributed by atoms with E-state index in [-0.39, 0.29) is 5.75 Å². The monoisotopic (exact) mass is 458 g/mol. The summed E-state index contributed by atoms with van der Waals surface area (Å²) in [6.07, 6.45) is 7.54. The summed E-state index contributed by atoms with van der Waals surface area (Å²) in [6.45, 7) is 0. The third-order valence-corrected chi connectivity index (χ3v) is 5.34. The Hall–Kier alpha value is -0.990. The molecule has 1 saturated carbocycles. The Bertz CT molecular complexity index is 793. The summed E-state index contributed by atoms with van der Waals surface area (Å²) < 4.78 is 3.60. The molecule has 0 saturated heterocycles. The van der Waals surface area contributed by atoms with Crippen molar-refractivity contribution in [2.24, 2.45) is 5.10 Å². The first-order chi connectivity index (χ1) is 11.1. The highest BCUT2D eigenvalue weighted by molar-refractivity contribution is 9.11. The number of H-pyrrole nitrogens is 1. The predicted molar refractivity (Wildman–Crippen MR) is 99.7 cm³/mol. The Morgan fingerprint density at radius 2 is 2.04 bits per heavy atom. The van der Waals surface area contributed by atoms with Gasteiger partial charge in [-0.3, -0.25) is 5.10 Å². The lowest BCUT2D eigenvalue weighted by Crippen LogP contribution is -2.10. The molecule has 1 aliphatic rings. The molecular formula is C15H16Br2N4OS. The predicted octanol–water partition coefficient (Wildman–Crippen LogP) is 5.10. The van der Waals surface area contributed by atoms with E-state index in [4.69, 9.17) is 12.2 Å². The molecule has 1 fully saturated rings. The van der Waals surface area contributed by atoms with Crippen LogP contribution in [0, 0.1) is 4.77 Å². The van der Waals surface area contributed by atoms with Gasteiger partial charge in [-0.05, 0) is 53.1 Å². The Balaban J connectivity index is 1.94. The van der Waals surface area contributed by atoms with Gasteiger partial charge < -0.3 is 5.11 Å². The fraction of sp³-hybridized carbons (Fsp3) is 0.400. The number of aromatic amines is 1. The van der Waals surface area contributed by atoms with Crippen molar-refractivity contribution >= 4 is 50.3 Å². The molecule has 0 atom stereocenters. The number of rotatable bonds is 3. The fourth-order valence-electron chi connectivity index (χ4n) is 2.84. The number of aromatic nitrogens is 3. The zero-order valence-corrected chi connectivity index (χ0v) is 16.3. The quantitative estimate of drug-likeness (QED) is 0.495. The molecule has 1 aromatic heterocycles. The zero-order valence-electron chi connectivity index (χ0n) is 12.3. The highest BCUT2D eigenvalue weighted by atomic mass is 79.9. The van der Waals surface area contributed by atoms with Gasteiger partial charge in [-0.15, -0.1) is 0 Å². The second-order valence-electron chi connectivity index (χ2n) is 5.60. The average Bonchev–Trinajstić information content (AvgIpc) is 2.91. The van der Waals surface area contributed by atoms with E-state index in [0.717, 1.165) is 23.1 Å². The Kier molecular flexibility index (Phi) is 5.33. The molecule has 2 aromatic rings. The lowest BCUT2D eigenvalue weighted by molar-refractivity contribution is 0.419. The molecule has 23 heavy (non-hydrogen) atoms. The van der Waals surface area contributed by atoms with E-state index in [1.54, 1.807) is 23.0 Å². The highest BCUT2D eigenvalue weighted by Gasteiger charge is 2.21. The molecule has 0 bridgehead atoms. The van der Waals surface area contributed by atoms with Crippen molar-refractivity contribution in [1.82, 2.24) is 14.9 Å². The first-order valence-corrected chi connectivity index (χ1v) is 9.45. The van der Waals surface area contributed by atoms with E-state index in [1.807, 2.05) is 0 Å². The second kappa shape index (κ2) is 7.27. The number of phenols is 1. The minimum absolute atomic E-state index is 0.145. The van der Waals surface area contributed by atoms with Crippen LogP contribution in [0.25, 0.3) is 0 Å². The highest BCUT2D eigenvalue weighted by Crippen LogP contribution is 2.32. The maximum atomic E-state index is 10.1. The summed E-state index contributed by atoms with van der Waals surface area (Å²) in [6, 6.07) is 3.58. The Morgan fingerprint density at radius 1 is 1.30 bits per heavy atom. The number of nitrogens with zero attached hydrogens (tertiary/aromatic N) is 3. The van der Waals surface area contributed by atoms with Crippen molar-refractivity contribution in [3.63, 3.8) is 0 Å². The number of phenolic OH excluding ortho intramolecular Hbond substituents is 1. The number of hydrogen-bond acceptors (Lipinski definition) is 4. The van der Waals surface area contributed by atoms with Gasteiger partial charge in [0.2, 0.25) is 4.77 Å². The van der Waals surface area contributed by atoms with Crippen molar-refractivity contribution < 1.29 is 5.11 Å². The van der Waals surface area contributed by atoms with Crippen molar-refractivity contribution in [2.45, 2.75) is 38.0 Å². The van der Waals surface area contributed by atoms with Gasteiger partial charge in [-0.2, -0.15) is 14.9 Å². The molecule has 1 aromatic carbocycles. The van der Waals surface area contributed by atoms with Crippen molar-refractivity contribution in [3.8, 4) is 5.75 Å². The number of benzene rings is 1. The van der Waals surface area contributed by atoms with Gasteiger partial charge in [0.05, 0.1) is 10.7 Å². The van der Waals surface area contributed by atoms with Gasteiger partial charge >= 0.3 is 0 Å². The largest absolute Gasteiger partial charge is 0.506 e.